The minimum Gasteiger partial charge on any atom is -0.306 e. The average Bonchev–Trinajstić information content (AvgIpc) is 3.23. The smallest absolute Gasteiger partial charge is 0.258 e. The van der Waals surface area contributed by atoms with Crippen LogP contribution in [0.1, 0.15) is 34.1 Å². The molecule has 1 amide bonds. The van der Waals surface area contributed by atoms with E-state index in [-0.39, 0.29) is 23.5 Å². The zero-order valence-electron chi connectivity index (χ0n) is 13.2. The van der Waals surface area contributed by atoms with Crippen molar-refractivity contribution >= 4 is 44.9 Å². The Morgan fingerprint density at radius 2 is 2.12 bits per heavy atom. The molecule has 0 radical (unpaired) electrons. The van der Waals surface area contributed by atoms with Gasteiger partial charge < -0.3 is 5.32 Å². The standard InChI is InChI=1S/C16H16ClN3O3S2/c17-13-4-2-1-3-11(13)16(21)18-15-12-7-24-8-14(12)19-20(15)10-5-6-25(22,23)9-10/h1-4,10H,5-9H2,(H,18,21). The highest BCUT2D eigenvalue weighted by molar-refractivity contribution is 7.98. The van der Waals surface area contributed by atoms with Gasteiger partial charge in [0.1, 0.15) is 5.82 Å². The van der Waals surface area contributed by atoms with Gasteiger partial charge in [-0.05, 0) is 18.6 Å². The summed E-state index contributed by atoms with van der Waals surface area (Å²) in [5.74, 6) is 2.05. The molecule has 1 N–H and O–H groups in total. The van der Waals surface area contributed by atoms with Gasteiger partial charge in [0, 0.05) is 17.1 Å². The van der Waals surface area contributed by atoms with Crippen LogP contribution in [0.4, 0.5) is 5.82 Å². The van der Waals surface area contributed by atoms with Crippen LogP contribution in [0.3, 0.4) is 0 Å². The third-order valence-corrected chi connectivity index (χ3v) is 7.53. The molecule has 1 atom stereocenters. The van der Waals surface area contributed by atoms with Crippen molar-refractivity contribution in [1.82, 2.24) is 9.78 Å². The average molecular weight is 398 g/mol. The van der Waals surface area contributed by atoms with Crippen molar-refractivity contribution in [1.29, 1.82) is 0 Å². The van der Waals surface area contributed by atoms with Crippen molar-refractivity contribution in [2.45, 2.75) is 24.0 Å². The number of nitrogens with zero attached hydrogens (tertiary/aromatic N) is 2. The van der Waals surface area contributed by atoms with E-state index in [2.05, 4.69) is 10.4 Å². The molecule has 1 saturated heterocycles. The lowest BCUT2D eigenvalue weighted by atomic mass is 10.2. The highest BCUT2D eigenvalue weighted by atomic mass is 35.5. The molecular formula is C16H16ClN3O3S2. The first-order valence-corrected chi connectivity index (χ1v) is 11.2. The van der Waals surface area contributed by atoms with Gasteiger partial charge in [0.15, 0.2) is 9.84 Å². The second kappa shape index (κ2) is 6.34. The number of anilines is 1. The van der Waals surface area contributed by atoms with Gasteiger partial charge in [-0.15, -0.1) is 0 Å². The van der Waals surface area contributed by atoms with Gasteiger partial charge in [-0.1, -0.05) is 23.7 Å². The van der Waals surface area contributed by atoms with E-state index in [0.29, 0.717) is 22.8 Å². The molecule has 25 heavy (non-hydrogen) atoms. The largest absolute Gasteiger partial charge is 0.306 e. The SMILES string of the molecule is O=C(Nc1c2c(nn1C1CCS(=O)(=O)C1)CSC2)c1ccccc1Cl. The highest BCUT2D eigenvalue weighted by Gasteiger charge is 2.34. The van der Waals surface area contributed by atoms with E-state index in [1.807, 2.05) is 0 Å². The fourth-order valence-corrected chi connectivity index (χ4v) is 6.17. The Morgan fingerprint density at radius 1 is 1.32 bits per heavy atom. The van der Waals surface area contributed by atoms with Gasteiger partial charge >= 0.3 is 0 Å². The van der Waals surface area contributed by atoms with Crippen LogP contribution in [-0.4, -0.2) is 35.6 Å². The Labute approximate surface area is 154 Å². The van der Waals surface area contributed by atoms with Crippen LogP contribution < -0.4 is 5.32 Å². The van der Waals surface area contributed by atoms with E-state index in [4.69, 9.17) is 11.6 Å². The van der Waals surface area contributed by atoms with Crippen LogP contribution in [0.2, 0.25) is 5.02 Å². The van der Waals surface area contributed by atoms with Gasteiger partial charge in [-0.3, -0.25) is 4.79 Å². The maximum atomic E-state index is 12.7. The molecule has 0 spiro atoms. The Morgan fingerprint density at radius 3 is 2.84 bits per heavy atom. The Bertz CT molecular complexity index is 956. The summed E-state index contributed by atoms with van der Waals surface area (Å²) in [7, 11) is -3.04. The number of carbonyl (C=O) groups is 1. The molecule has 6 nitrogen and oxygen atoms in total. The van der Waals surface area contributed by atoms with Crippen LogP contribution in [0.15, 0.2) is 24.3 Å². The lowest BCUT2D eigenvalue weighted by Gasteiger charge is -2.15. The van der Waals surface area contributed by atoms with Crippen molar-refractivity contribution in [3.8, 4) is 0 Å². The number of thioether (sulfide) groups is 1. The lowest BCUT2D eigenvalue weighted by Crippen LogP contribution is -2.20. The maximum Gasteiger partial charge on any atom is 0.258 e. The molecule has 0 saturated carbocycles. The number of hydrogen-bond acceptors (Lipinski definition) is 5. The van der Waals surface area contributed by atoms with Gasteiger partial charge in [-0.25, -0.2) is 13.1 Å². The summed E-state index contributed by atoms with van der Waals surface area (Å²) >= 11 is 7.84. The summed E-state index contributed by atoms with van der Waals surface area (Å²) in [5, 5.41) is 7.89. The molecule has 2 aromatic rings. The minimum absolute atomic E-state index is 0.0651. The van der Waals surface area contributed by atoms with E-state index in [1.54, 1.807) is 40.7 Å². The Balaban J connectivity index is 1.69. The molecule has 4 rings (SSSR count). The summed E-state index contributed by atoms with van der Waals surface area (Å²) in [6, 6.07) is 6.61. The zero-order chi connectivity index (χ0) is 17.6. The van der Waals surface area contributed by atoms with Gasteiger partial charge in [0.25, 0.3) is 5.91 Å². The van der Waals surface area contributed by atoms with E-state index in [1.165, 1.54) is 0 Å². The number of halogens is 1. The molecule has 1 aromatic carbocycles. The van der Waals surface area contributed by atoms with Crippen LogP contribution in [0.25, 0.3) is 0 Å². The highest BCUT2D eigenvalue weighted by Crippen LogP contribution is 2.38. The molecule has 9 heteroatoms. The second-order valence-electron chi connectivity index (χ2n) is 6.20. The predicted molar refractivity (Wildman–Crippen MR) is 98.9 cm³/mol. The van der Waals surface area contributed by atoms with E-state index >= 15 is 0 Å². The quantitative estimate of drug-likeness (QED) is 0.861. The van der Waals surface area contributed by atoms with Gasteiger partial charge in [0.05, 0.1) is 33.8 Å². The summed E-state index contributed by atoms with van der Waals surface area (Å²) in [4.78, 5) is 12.7. The van der Waals surface area contributed by atoms with E-state index in [0.717, 1.165) is 22.8 Å². The van der Waals surface area contributed by atoms with Crippen molar-refractivity contribution in [2.24, 2.45) is 0 Å². The van der Waals surface area contributed by atoms with Crippen LogP contribution >= 0.6 is 23.4 Å². The third-order valence-electron chi connectivity index (χ3n) is 4.48. The van der Waals surface area contributed by atoms with Gasteiger partial charge in [0.2, 0.25) is 0 Å². The first kappa shape index (κ1) is 16.9. The number of sulfone groups is 1. The summed E-state index contributed by atoms with van der Waals surface area (Å²) in [6.45, 7) is 0. The first-order chi connectivity index (χ1) is 11.9. The second-order valence-corrected chi connectivity index (χ2v) is 9.82. The Kier molecular flexibility index (Phi) is 4.29. The number of rotatable bonds is 3. The van der Waals surface area contributed by atoms with Crippen molar-refractivity contribution in [3.05, 3.63) is 46.1 Å². The molecule has 1 fully saturated rings. The van der Waals surface area contributed by atoms with Gasteiger partial charge in [-0.2, -0.15) is 16.9 Å². The Hall–Kier alpha value is -1.51. The fraction of sp³-hybridized carbons (Fsp3) is 0.375. The first-order valence-electron chi connectivity index (χ1n) is 7.89. The summed E-state index contributed by atoms with van der Waals surface area (Å²) in [5.41, 5.74) is 2.29. The normalized spacial score (nSPS) is 21.2. The summed E-state index contributed by atoms with van der Waals surface area (Å²) < 4.78 is 25.4. The lowest BCUT2D eigenvalue weighted by molar-refractivity contribution is 0.102. The number of carbonyl (C=O) groups excluding carboxylic acids is 1. The molecule has 1 aromatic heterocycles. The number of aromatic nitrogens is 2. The maximum absolute atomic E-state index is 12.7. The van der Waals surface area contributed by atoms with Crippen molar-refractivity contribution in [3.63, 3.8) is 0 Å². The number of fused-ring (bicyclic) bond motifs is 1. The molecular weight excluding hydrogens is 382 g/mol. The topological polar surface area (TPSA) is 81.1 Å². The number of nitrogens with one attached hydrogen (secondary N) is 1. The number of hydrogen-bond donors (Lipinski definition) is 1. The fourth-order valence-electron chi connectivity index (χ4n) is 3.22. The van der Waals surface area contributed by atoms with Crippen molar-refractivity contribution < 1.29 is 13.2 Å². The molecule has 3 heterocycles. The molecule has 0 aliphatic carbocycles. The van der Waals surface area contributed by atoms with Crippen molar-refractivity contribution in [2.75, 3.05) is 16.8 Å². The van der Waals surface area contributed by atoms with E-state index < -0.39 is 9.84 Å². The third kappa shape index (κ3) is 3.18. The van der Waals surface area contributed by atoms with Crippen LogP contribution in [0, 0.1) is 0 Å². The van der Waals surface area contributed by atoms with E-state index in [9.17, 15) is 13.2 Å². The van der Waals surface area contributed by atoms with Crippen LogP contribution in [-0.2, 0) is 21.3 Å². The number of benzene rings is 1. The minimum atomic E-state index is -3.04. The van der Waals surface area contributed by atoms with Crippen LogP contribution in [0.5, 0.6) is 0 Å². The number of amides is 1. The molecule has 132 valence electrons. The molecule has 2 aliphatic heterocycles. The summed E-state index contributed by atoms with van der Waals surface area (Å²) in [6.07, 6.45) is 0.519. The molecule has 2 aliphatic rings. The zero-order valence-corrected chi connectivity index (χ0v) is 15.6. The predicted octanol–water partition coefficient (Wildman–Crippen LogP) is 2.90. The molecule has 1 unspecified atom stereocenters. The monoisotopic (exact) mass is 397 g/mol. The molecule has 0 bridgehead atoms.